The molecule has 0 aliphatic heterocycles. The summed E-state index contributed by atoms with van der Waals surface area (Å²) in [6.45, 7) is 0.703. The molecule has 7 heteroatoms. The standard InChI is InChI=1S/C16H19Cl2NO4/c17-12-3-1-4-13(16(12)18)22-8-2-5-14(20)19-9-15(21)23-10-11-6-7-11/h1,3-4,11H,2,5-10H2,(H,19,20). The molecule has 2 rings (SSSR count). The Morgan fingerprint density at radius 1 is 1.26 bits per heavy atom. The summed E-state index contributed by atoms with van der Waals surface area (Å²) in [5.41, 5.74) is 0. The number of ether oxygens (including phenoxy) is 2. The van der Waals surface area contributed by atoms with Crippen LogP contribution in [0.25, 0.3) is 0 Å². The summed E-state index contributed by atoms with van der Waals surface area (Å²) in [5.74, 6) is 0.398. The van der Waals surface area contributed by atoms with Gasteiger partial charge in [0.15, 0.2) is 0 Å². The van der Waals surface area contributed by atoms with Crippen LogP contribution in [0.4, 0.5) is 0 Å². The van der Waals surface area contributed by atoms with Crippen LogP contribution in [0.1, 0.15) is 25.7 Å². The smallest absolute Gasteiger partial charge is 0.325 e. The molecule has 0 aromatic heterocycles. The number of nitrogens with one attached hydrogen (secondary N) is 1. The van der Waals surface area contributed by atoms with Gasteiger partial charge in [-0.1, -0.05) is 29.3 Å². The van der Waals surface area contributed by atoms with Crippen molar-refractivity contribution >= 4 is 35.1 Å². The number of carbonyl (C=O) groups excluding carboxylic acids is 2. The molecule has 1 aliphatic rings. The van der Waals surface area contributed by atoms with Gasteiger partial charge >= 0.3 is 5.97 Å². The van der Waals surface area contributed by atoms with E-state index in [-0.39, 0.29) is 18.9 Å². The van der Waals surface area contributed by atoms with E-state index in [0.29, 0.717) is 41.3 Å². The minimum absolute atomic E-state index is 0.0907. The Kier molecular flexibility index (Phi) is 6.99. The van der Waals surface area contributed by atoms with Crippen molar-refractivity contribution in [2.45, 2.75) is 25.7 Å². The zero-order valence-electron chi connectivity index (χ0n) is 12.6. The summed E-state index contributed by atoms with van der Waals surface area (Å²) in [6, 6.07) is 5.13. The molecule has 1 saturated carbocycles. The third-order valence-corrected chi connectivity index (χ3v) is 4.13. The fraction of sp³-hybridized carbons (Fsp3) is 0.500. The van der Waals surface area contributed by atoms with Gasteiger partial charge in [0.1, 0.15) is 17.3 Å². The number of carbonyl (C=O) groups is 2. The molecule has 0 atom stereocenters. The molecule has 0 radical (unpaired) electrons. The fourth-order valence-electron chi connectivity index (χ4n) is 1.82. The molecular weight excluding hydrogens is 341 g/mol. The molecule has 0 heterocycles. The number of halogens is 2. The van der Waals surface area contributed by atoms with E-state index in [2.05, 4.69) is 5.32 Å². The van der Waals surface area contributed by atoms with Crippen molar-refractivity contribution in [3.63, 3.8) is 0 Å². The zero-order valence-corrected chi connectivity index (χ0v) is 14.2. The van der Waals surface area contributed by atoms with Crippen molar-refractivity contribution in [3.8, 4) is 5.75 Å². The molecule has 0 unspecified atom stereocenters. The molecule has 1 amide bonds. The number of rotatable bonds is 9. The van der Waals surface area contributed by atoms with Crippen LogP contribution in [0, 0.1) is 5.92 Å². The Morgan fingerprint density at radius 3 is 2.78 bits per heavy atom. The normalized spacial score (nSPS) is 13.5. The van der Waals surface area contributed by atoms with Gasteiger partial charge in [-0.2, -0.15) is 0 Å². The number of amides is 1. The first-order chi connectivity index (χ1) is 11.1. The van der Waals surface area contributed by atoms with Crippen LogP contribution in [0.15, 0.2) is 18.2 Å². The highest BCUT2D eigenvalue weighted by Gasteiger charge is 2.22. The van der Waals surface area contributed by atoms with E-state index in [4.69, 9.17) is 32.7 Å². The van der Waals surface area contributed by atoms with Gasteiger partial charge in [-0.25, -0.2) is 0 Å². The highest BCUT2D eigenvalue weighted by Crippen LogP contribution is 2.31. The molecule has 1 fully saturated rings. The van der Waals surface area contributed by atoms with Crippen molar-refractivity contribution in [1.29, 1.82) is 0 Å². The summed E-state index contributed by atoms with van der Waals surface area (Å²) in [5, 5.41) is 3.31. The Hall–Kier alpha value is -1.46. The Morgan fingerprint density at radius 2 is 2.04 bits per heavy atom. The van der Waals surface area contributed by atoms with E-state index in [1.807, 2.05) is 0 Å². The maximum atomic E-state index is 11.6. The van der Waals surface area contributed by atoms with Crippen molar-refractivity contribution in [3.05, 3.63) is 28.2 Å². The lowest BCUT2D eigenvalue weighted by molar-refractivity contribution is -0.144. The zero-order chi connectivity index (χ0) is 16.7. The average molecular weight is 360 g/mol. The van der Waals surface area contributed by atoms with Gasteiger partial charge in [0.05, 0.1) is 18.2 Å². The van der Waals surface area contributed by atoms with E-state index in [1.54, 1.807) is 18.2 Å². The van der Waals surface area contributed by atoms with Crippen LogP contribution in [0.5, 0.6) is 5.75 Å². The van der Waals surface area contributed by atoms with E-state index in [0.717, 1.165) is 12.8 Å². The maximum Gasteiger partial charge on any atom is 0.325 e. The largest absolute Gasteiger partial charge is 0.492 e. The third-order valence-electron chi connectivity index (χ3n) is 3.33. The second-order valence-corrected chi connectivity index (χ2v) is 6.19. The van der Waals surface area contributed by atoms with E-state index >= 15 is 0 Å². The predicted octanol–water partition coefficient (Wildman–Crippen LogP) is 3.22. The van der Waals surface area contributed by atoms with Crippen molar-refractivity contribution < 1.29 is 19.1 Å². The Bertz CT molecular complexity index is 561. The van der Waals surface area contributed by atoms with E-state index < -0.39 is 5.97 Å². The molecule has 1 aromatic rings. The average Bonchev–Trinajstić information content (AvgIpc) is 3.35. The number of esters is 1. The van der Waals surface area contributed by atoms with Gasteiger partial charge in [0.25, 0.3) is 0 Å². The van der Waals surface area contributed by atoms with E-state index in [1.165, 1.54) is 0 Å². The summed E-state index contributed by atoms with van der Waals surface area (Å²) < 4.78 is 10.5. The first kappa shape index (κ1) is 17.9. The monoisotopic (exact) mass is 359 g/mol. The lowest BCUT2D eigenvalue weighted by Gasteiger charge is -2.09. The molecule has 23 heavy (non-hydrogen) atoms. The van der Waals surface area contributed by atoms with Gasteiger partial charge in [-0.3, -0.25) is 9.59 Å². The highest BCUT2D eigenvalue weighted by atomic mass is 35.5. The SMILES string of the molecule is O=C(CCCOc1cccc(Cl)c1Cl)NCC(=O)OCC1CC1. The molecule has 1 N–H and O–H groups in total. The molecular formula is C16H19Cl2NO4. The van der Waals surface area contributed by atoms with Crippen molar-refractivity contribution in [2.24, 2.45) is 5.92 Å². The maximum absolute atomic E-state index is 11.6. The quantitative estimate of drug-likeness (QED) is 0.543. The van der Waals surface area contributed by atoms with Crippen LogP contribution in [0.3, 0.4) is 0 Å². The van der Waals surface area contributed by atoms with Gasteiger partial charge in [0, 0.05) is 6.42 Å². The molecule has 1 aliphatic carbocycles. The lowest BCUT2D eigenvalue weighted by atomic mass is 10.3. The summed E-state index contributed by atoms with van der Waals surface area (Å²) in [7, 11) is 0. The number of benzene rings is 1. The highest BCUT2D eigenvalue weighted by molar-refractivity contribution is 6.42. The third kappa shape index (κ3) is 6.67. The Labute approximate surface area is 145 Å². The lowest BCUT2D eigenvalue weighted by Crippen LogP contribution is -2.31. The molecule has 126 valence electrons. The molecule has 0 saturated heterocycles. The summed E-state index contributed by atoms with van der Waals surface area (Å²) >= 11 is 11.9. The van der Waals surface area contributed by atoms with Gasteiger partial charge in [-0.05, 0) is 37.3 Å². The Balaban J connectivity index is 1.55. The predicted molar refractivity (Wildman–Crippen MR) is 87.9 cm³/mol. The molecule has 0 bridgehead atoms. The van der Waals surface area contributed by atoms with E-state index in [9.17, 15) is 9.59 Å². The minimum atomic E-state index is -0.396. The second kappa shape index (κ2) is 8.99. The molecule has 0 spiro atoms. The van der Waals surface area contributed by atoms with Crippen LogP contribution in [-0.4, -0.2) is 31.6 Å². The number of hydrogen-bond donors (Lipinski definition) is 1. The second-order valence-electron chi connectivity index (χ2n) is 5.41. The van der Waals surface area contributed by atoms with Gasteiger partial charge in [-0.15, -0.1) is 0 Å². The molecule has 5 nitrogen and oxygen atoms in total. The van der Waals surface area contributed by atoms with Crippen LogP contribution >= 0.6 is 23.2 Å². The summed E-state index contributed by atoms with van der Waals surface area (Å²) in [4.78, 5) is 23.0. The van der Waals surface area contributed by atoms with Crippen LogP contribution in [0.2, 0.25) is 10.0 Å². The van der Waals surface area contributed by atoms with Crippen molar-refractivity contribution in [1.82, 2.24) is 5.32 Å². The fourth-order valence-corrected chi connectivity index (χ4v) is 2.16. The van der Waals surface area contributed by atoms with Crippen molar-refractivity contribution in [2.75, 3.05) is 19.8 Å². The number of hydrogen-bond acceptors (Lipinski definition) is 4. The minimum Gasteiger partial charge on any atom is -0.492 e. The van der Waals surface area contributed by atoms with Gasteiger partial charge < -0.3 is 14.8 Å². The first-order valence-corrected chi connectivity index (χ1v) is 8.31. The van der Waals surface area contributed by atoms with Crippen LogP contribution < -0.4 is 10.1 Å². The van der Waals surface area contributed by atoms with Gasteiger partial charge in [0.2, 0.25) is 5.91 Å². The molecule has 1 aromatic carbocycles. The first-order valence-electron chi connectivity index (χ1n) is 7.55. The van der Waals surface area contributed by atoms with Crippen LogP contribution in [-0.2, 0) is 14.3 Å². The summed E-state index contributed by atoms with van der Waals surface area (Å²) in [6.07, 6.45) is 3.01. The topological polar surface area (TPSA) is 64.6 Å².